The molecule has 13 rings (SSSR count). The normalized spacial score (nSPS) is 12.1. The van der Waals surface area contributed by atoms with Crippen LogP contribution >= 0.6 is 0 Å². The largest absolute Gasteiger partial charge is 0.307 e. The van der Waals surface area contributed by atoms with Gasteiger partial charge in [0.15, 0.2) is 0 Å². The van der Waals surface area contributed by atoms with Crippen molar-refractivity contribution in [1.29, 1.82) is 5.26 Å². The minimum Gasteiger partial charge on any atom is -0.307 e. The summed E-state index contributed by atoms with van der Waals surface area (Å²) in [4.78, 5) is 0. The summed E-state index contributed by atoms with van der Waals surface area (Å²) < 4.78 is 9.68. The van der Waals surface area contributed by atoms with Crippen LogP contribution in [0.3, 0.4) is 0 Å². The lowest BCUT2D eigenvalue weighted by Gasteiger charge is -2.28. The van der Waals surface area contributed by atoms with E-state index in [0.29, 0.717) is 5.56 Å². The Hall–Kier alpha value is -8.33. The maximum Gasteiger partial charge on any atom is 0.104 e. The third-order valence-electron chi connectivity index (χ3n) is 14.0. The molecule has 0 spiro atoms. The Morgan fingerprint density at radius 1 is 0.292 bits per heavy atom. The zero-order valence-corrected chi connectivity index (χ0v) is 36.9. The van der Waals surface area contributed by atoms with Gasteiger partial charge in [-0.3, -0.25) is 0 Å². The van der Waals surface area contributed by atoms with E-state index in [0.717, 1.165) is 94.0 Å². The third kappa shape index (κ3) is 5.08. The quantitative estimate of drug-likeness (QED) is 0.174. The van der Waals surface area contributed by atoms with Gasteiger partial charge in [0.2, 0.25) is 0 Å². The standard InChI is InChI=1S/C60H43N5/c1-35-22-26-53-44(30-35)45-31-36(2)23-27-54(45)62(53)57-39(5)58(63-55-28-24-37(3)32-46(55)47-33-38(4)25-29-56(47)63)60(65-51-20-12-8-16-42(51)43-17-9-13-21-52(43)65)48(34-61)59(57)64-49-18-10-6-14-40(49)41-15-7-11-19-50(41)64/h6-33H,1-5H3. The molecule has 0 radical (unpaired) electrons. The van der Waals surface area contributed by atoms with Crippen LogP contribution in [-0.4, -0.2) is 18.3 Å². The Morgan fingerprint density at radius 2 is 0.538 bits per heavy atom. The van der Waals surface area contributed by atoms with Gasteiger partial charge < -0.3 is 18.3 Å². The van der Waals surface area contributed by atoms with Crippen LogP contribution in [0.15, 0.2) is 170 Å². The Bertz CT molecular complexity index is 3760. The SMILES string of the molecule is Cc1ccc2c(c1)c1cc(C)ccc1n2-c1c(C)c(-n2c3ccc(C)cc3c3cc(C)ccc32)c(-n2c3ccccc3c3ccccc32)c(C#N)c1-n1c2ccccc2c2ccccc21. The molecule has 65 heavy (non-hydrogen) atoms. The van der Waals surface area contributed by atoms with Gasteiger partial charge in [-0.2, -0.15) is 5.26 Å². The number of nitrogens with zero attached hydrogens (tertiary/aromatic N) is 5. The van der Waals surface area contributed by atoms with E-state index in [1.165, 1.54) is 43.8 Å². The second-order valence-corrected chi connectivity index (χ2v) is 18.0. The fourth-order valence-corrected chi connectivity index (χ4v) is 11.2. The molecule has 0 aliphatic rings. The number of nitriles is 1. The van der Waals surface area contributed by atoms with Crippen molar-refractivity contribution >= 4 is 87.2 Å². The molecule has 4 aromatic heterocycles. The highest BCUT2D eigenvalue weighted by Crippen LogP contribution is 2.48. The molecule has 13 aromatic rings. The van der Waals surface area contributed by atoms with Crippen molar-refractivity contribution in [3.8, 4) is 28.8 Å². The van der Waals surface area contributed by atoms with E-state index in [2.05, 4.69) is 229 Å². The molecule has 0 amide bonds. The van der Waals surface area contributed by atoms with Crippen LogP contribution in [0.1, 0.15) is 33.4 Å². The van der Waals surface area contributed by atoms with E-state index in [-0.39, 0.29) is 0 Å². The van der Waals surface area contributed by atoms with Gasteiger partial charge in [0.25, 0.3) is 0 Å². The highest BCUT2D eigenvalue weighted by molar-refractivity contribution is 6.15. The van der Waals surface area contributed by atoms with Crippen LogP contribution in [0.4, 0.5) is 0 Å². The smallest absolute Gasteiger partial charge is 0.104 e. The molecular formula is C60H43N5. The first-order valence-electron chi connectivity index (χ1n) is 22.4. The molecule has 9 aromatic carbocycles. The summed E-state index contributed by atoms with van der Waals surface area (Å²) in [7, 11) is 0. The average Bonchev–Trinajstić information content (AvgIpc) is 4.03. The number of para-hydroxylation sites is 4. The van der Waals surface area contributed by atoms with Crippen molar-refractivity contribution in [2.75, 3.05) is 0 Å². The lowest BCUT2D eigenvalue weighted by molar-refractivity contribution is 1.01. The fourth-order valence-electron chi connectivity index (χ4n) is 11.2. The van der Waals surface area contributed by atoms with Gasteiger partial charge in [-0.15, -0.1) is 0 Å². The number of rotatable bonds is 4. The van der Waals surface area contributed by atoms with Crippen molar-refractivity contribution in [1.82, 2.24) is 18.3 Å². The topological polar surface area (TPSA) is 43.5 Å². The molecule has 0 aliphatic heterocycles. The molecule has 0 unspecified atom stereocenters. The Labute approximate surface area is 375 Å². The van der Waals surface area contributed by atoms with E-state index >= 15 is 0 Å². The zero-order valence-electron chi connectivity index (χ0n) is 36.9. The summed E-state index contributed by atoms with van der Waals surface area (Å²) in [5.41, 5.74) is 18.6. The van der Waals surface area contributed by atoms with Gasteiger partial charge in [-0.05, 0) is 107 Å². The number of hydrogen-bond donors (Lipinski definition) is 0. The summed E-state index contributed by atoms with van der Waals surface area (Å²) in [6.45, 7) is 11.0. The number of fused-ring (bicyclic) bond motifs is 12. The van der Waals surface area contributed by atoms with Crippen molar-refractivity contribution in [3.05, 3.63) is 203 Å². The predicted octanol–water partition coefficient (Wildman–Crippen LogP) is 15.5. The average molecular weight is 834 g/mol. The van der Waals surface area contributed by atoms with E-state index < -0.39 is 0 Å². The number of aryl methyl sites for hydroxylation is 4. The van der Waals surface area contributed by atoms with Gasteiger partial charge >= 0.3 is 0 Å². The second-order valence-electron chi connectivity index (χ2n) is 18.0. The van der Waals surface area contributed by atoms with Crippen LogP contribution in [-0.2, 0) is 0 Å². The molecule has 4 heterocycles. The van der Waals surface area contributed by atoms with Gasteiger partial charge in [-0.1, -0.05) is 119 Å². The van der Waals surface area contributed by atoms with Crippen LogP contribution < -0.4 is 0 Å². The fraction of sp³-hybridized carbons (Fsp3) is 0.0833. The number of aromatic nitrogens is 4. The molecular weight excluding hydrogens is 791 g/mol. The molecule has 5 nitrogen and oxygen atoms in total. The van der Waals surface area contributed by atoms with Gasteiger partial charge in [0, 0.05) is 48.7 Å². The lowest BCUT2D eigenvalue weighted by atomic mass is 9.99. The molecule has 308 valence electrons. The van der Waals surface area contributed by atoms with E-state index in [4.69, 9.17) is 0 Å². The number of hydrogen-bond acceptors (Lipinski definition) is 1. The van der Waals surface area contributed by atoms with Crippen molar-refractivity contribution < 1.29 is 0 Å². The van der Waals surface area contributed by atoms with Crippen LogP contribution in [0, 0.1) is 45.9 Å². The first-order valence-corrected chi connectivity index (χ1v) is 22.4. The van der Waals surface area contributed by atoms with Gasteiger partial charge in [0.05, 0.1) is 66.9 Å². The summed E-state index contributed by atoms with van der Waals surface area (Å²) >= 11 is 0. The van der Waals surface area contributed by atoms with Crippen LogP contribution in [0.25, 0.3) is 110 Å². The molecule has 0 fully saturated rings. The van der Waals surface area contributed by atoms with Gasteiger partial charge in [-0.25, -0.2) is 0 Å². The molecule has 0 bridgehead atoms. The predicted molar refractivity (Wildman–Crippen MR) is 272 cm³/mol. The first kappa shape index (κ1) is 37.2. The minimum atomic E-state index is 0.585. The molecule has 5 heteroatoms. The van der Waals surface area contributed by atoms with Crippen molar-refractivity contribution in [3.63, 3.8) is 0 Å². The molecule has 0 aliphatic carbocycles. The summed E-state index contributed by atoms with van der Waals surface area (Å²) in [5.74, 6) is 0. The Kier molecular flexibility index (Phi) is 7.78. The minimum absolute atomic E-state index is 0.585. The third-order valence-corrected chi connectivity index (χ3v) is 14.0. The lowest BCUT2D eigenvalue weighted by Crippen LogP contribution is -2.16. The van der Waals surface area contributed by atoms with Crippen LogP contribution in [0.5, 0.6) is 0 Å². The maximum absolute atomic E-state index is 12.4. The summed E-state index contributed by atoms with van der Waals surface area (Å²) in [6.07, 6.45) is 0. The maximum atomic E-state index is 12.4. The Morgan fingerprint density at radius 3 is 0.815 bits per heavy atom. The Balaban J connectivity index is 1.37. The summed E-state index contributed by atoms with van der Waals surface area (Å²) in [6, 6.07) is 64.8. The second kappa shape index (κ2) is 13.6. The van der Waals surface area contributed by atoms with E-state index in [9.17, 15) is 5.26 Å². The van der Waals surface area contributed by atoms with Crippen LogP contribution in [0.2, 0.25) is 0 Å². The van der Waals surface area contributed by atoms with E-state index in [1.807, 2.05) is 0 Å². The van der Waals surface area contributed by atoms with Crippen molar-refractivity contribution in [2.24, 2.45) is 0 Å². The van der Waals surface area contributed by atoms with Crippen molar-refractivity contribution in [2.45, 2.75) is 34.6 Å². The number of benzene rings is 9. The van der Waals surface area contributed by atoms with E-state index in [1.54, 1.807) is 0 Å². The molecule has 0 N–H and O–H groups in total. The molecule has 0 atom stereocenters. The van der Waals surface area contributed by atoms with Gasteiger partial charge in [0.1, 0.15) is 11.6 Å². The highest BCUT2D eigenvalue weighted by atomic mass is 15.1. The first-order chi connectivity index (χ1) is 31.8. The molecule has 0 saturated carbocycles. The monoisotopic (exact) mass is 833 g/mol. The zero-order chi connectivity index (χ0) is 43.8. The summed E-state index contributed by atoms with van der Waals surface area (Å²) in [5, 5.41) is 21.7. The highest BCUT2D eigenvalue weighted by Gasteiger charge is 2.33. The molecule has 0 saturated heterocycles.